The normalized spacial score (nSPS) is 10.7. The fourth-order valence-corrected chi connectivity index (χ4v) is 2.93. The Morgan fingerprint density at radius 2 is 1.25 bits per heavy atom. The van der Waals surface area contributed by atoms with Crippen molar-refractivity contribution in [2.75, 3.05) is 0 Å². The number of benzene rings is 4. The summed E-state index contributed by atoms with van der Waals surface area (Å²) in [4.78, 5) is 0. The van der Waals surface area contributed by atoms with Gasteiger partial charge in [0.2, 0.25) is 0 Å². The van der Waals surface area contributed by atoms with Crippen molar-refractivity contribution in [1.82, 2.24) is 0 Å². The van der Waals surface area contributed by atoms with E-state index < -0.39 is 0 Å². The molecule has 0 saturated heterocycles. The first kappa shape index (κ1) is 15.3. The van der Waals surface area contributed by atoms with Crippen molar-refractivity contribution in [2.24, 2.45) is 0 Å². The second kappa shape index (κ2) is 5.75. The van der Waals surface area contributed by atoms with Crippen molar-refractivity contribution in [1.29, 1.82) is 0 Å². The van der Waals surface area contributed by atoms with Crippen molar-refractivity contribution in [3.63, 3.8) is 0 Å². The summed E-state index contributed by atoms with van der Waals surface area (Å²) in [6, 6.07) is 19.1. The van der Waals surface area contributed by atoms with Crippen LogP contribution < -0.4 is 29.6 Å². The first-order chi connectivity index (χ1) is 8.88. The van der Waals surface area contributed by atoms with Crippen LogP contribution in [0.4, 0.5) is 0 Å². The molecule has 3 heteroatoms. The van der Waals surface area contributed by atoms with Crippen LogP contribution in [0.1, 0.15) is 5.56 Å². The third-order valence-corrected chi connectivity index (χ3v) is 3.79. The Morgan fingerprint density at radius 1 is 0.700 bits per heavy atom. The van der Waals surface area contributed by atoms with Crippen molar-refractivity contribution < 1.29 is 34.7 Å². The summed E-state index contributed by atoms with van der Waals surface area (Å²) in [5, 5.41) is 17.0. The molecule has 0 aliphatic heterocycles. The SMILES string of the molecule is OCc1ccc2ccc3cccc4ccc1c2c34.[B-].[Na+]. The van der Waals surface area contributed by atoms with E-state index in [1.165, 1.54) is 32.3 Å². The Morgan fingerprint density at radius 3 is 1.90 bits per heavy atom. The maximum Gasteiger partial charge on any atom is 1.00 e. The van der Waals surface area contributed by atoms with Crippen LogP contribution in [0.25, 0.3) is 32.3 Å². The van der Waals surface area contributed by atoms with Gasteiger partial charge in [0, 0.05) is 0 Å². The van der Waals surface area contributed by atoms with E-state index in [2.05, 4.69) is 48.5 Å². The molecule has 4 radical (unpaired) electrons. The topological polar surface area (TPSA) is 20.2 Å². The van der Waals surface area contributed by atoms with Crippen molar-refractivity contribution >= 4 is 40.7 Å². The van der Waals surface area contributed by atoms with Gasteiger partial charge in [0.15, 0.2) is 0 Å². The van der Waals surface area contributed by atoms with E-state index in [1.54, 1.807) is 0 Å². The van der Waals surface area contributed by atoms with Crippen LogP contribution in [0.3, 0.4) is 0 Å². The quantitative estimate of drug-likeness (QED) is 0.397. The number of aliphatic hydroxyl groups is 1. The van der Waals surface area contributed by atoms with Gasteiger partial charge < -0.3 is 13.5 Å². The van der Waals surface area contributed by atoms with E-state index >= 15 is 0 Å². The monoisotopic (exact) mass is 266 g/mol. The maximum atomic E-state index is 9.47. The molecule has 4 rings (SSSR count). The number of rotatable bonds is 1. The first-order valence-corrected chi connectivity index (χ1v) is 6.15. The second-order valence-corrected chi connectivity index (χ2v) is 4.74. The van der Waals surface area contributed by atoms with Gasteiger partial charge in [-0.15, -0.1) is 0 Å². The second-order valence-electron chi connectivity index (χ2n) is 4.74. The molecule has 0 aromatic heterocycles. The summed E-state index contributed by atoms with van der Waals surface area (Å²) in [5.74, 6) is 0. The minimum absolute atomic E-state index is 0. The molecular formula is C17H12BNaO. The third-order valence-electron chi connectivity index (χ3n) is 3.79. The average Bonchev–Trinajstić information content (AvgIpc) is 2.44. The van der Waals surface area contributed by atoms with E-state index in [-0.39, 0.29) is 44.6 Å². The van der Waals surface area contributed by atoms with Gasteiger partial charge in [-0.05, 0) is 37.9 Å². The molecule has 0 bridgehead atoms. The summed E-state index contributed by atoms with van der Waals surface area (Å²) < 4.78 is 0. The van der Waals surface area contributed by atoms with Gasteiger partial charge in [-0.25, -0.2) is 0 Å². The zero-order chi connectivity index (χ0) is 12.1. The Balaban J connectivity index is 0.000000735. The van der Waals surface area contributed by atoms with Crippen molar-refractivity contribution in [2.45, 2.75) is 6.61 Å². The molecular weight excluding hydrogens is 254 g/mol. The van der Waals surface area contributed by atoms with Gasteiger partial charge in [0.05, 0.1) is 6.61 Å². The molecule has 0 aliphatic rings. The third kappa shape index (κ3) is 2.04. The fraction of sp³-hybridized carbons (Fsp3) is 0.0588. The van der Waals surface area contributed by atoms with Crippen LogP contribution in [-0.4, -0.2) is 13.5 Å². The smallest absolute Gasteiger partial charge is 1.00 e. The van der Waals surface area contributed by atoms with Gasteiger partial charge in [0.25, 0.3) is 0 Å². The summed E-state index contributed by atoms with van der Waals surface area (Å²) >= 11 is 0. The Kier molecular flexibility index (Phi) is 4.41. The molecule has 0 heterocycles. The van der Waals surface area contributed by atoms with Crippen LogP contribution in [0, 0.1) is 0 Å². The van der Waals surface area contributed by atoms with Crippen LogP contribution in [-0.2, 0) is 6.61 Å². The van der Waals surface area contributed by atoms with E-state index in [1.807, 2.05) is 6.07 Å². The molecule has 1 N–H and O–H groups in total. The van der Waals surface area contributed by atoms with E-state index in [0.717, 1.165) is 5.56 Å². The largest absolute Gasteiger partial charge is 1.00 e. The van der Waals surface area contributed by atoms with Crippen molar-refractivity contribution in [3.05, 3.63) is 60.2 Å². The van der Waals surface area contributed by atoms with E-state index in [4.69, 9.17) is 0 Å². The molecule has 0 saturated carbocycles. The summed E-state index contributed by atoms with van der Waals surface area (Å²) in [5.41, 5.74) is 1.00. The molecule has 0 unspecified atom stereocenters. The zero-order valence-corrected chi connectivity index (χ0v) is 13.4. The molecule has 4 aromatic rings. The number of aliphatic hydroxyl groups excluding tert-OH is 1. The van der Waals surface area contributed by atoms with Crippen LogP contribution >= 0.6 is 0 Å². The minimum atomic E-state index is 0. The van der Waals surface area contributed by atoms with E-state index in [9.17, 15) is 5.11 Å². The molecule has 0 fully saturated rings. The van der Waals surface area contributed by atoms with Crippen LogP contribution in [0.15, 0.2) is 54.6 Å². The number of hydrogen-bond acceptors (Lipinski definition) is 1. The van der Waals surface area contributed by atoms with Gasteiger partial charge >= 0.3 is 29.6 Å². The Labute approximate surface area is 141 Å². The molecule has 90 valence electrons. The van der Waals surface area contributed by atoms with Gasteiger partial charge in [-0.2, -0.15) is 0 Å². The summed E-state index contributed by atoms with van der Waals surface area (Å²) in [6.07, 6.45) is 0. The Hall–Kier alpha value is -1.06. The zero-order valence-electron chi connectivity index (χ0n) is 11.4. The van der Waals surface area contributed by atoms with Crippen LogP contribution in [0.5, 0.6) is 0 Å². The molecule has 0 aliphatic carbocycles. The molecule has 0 spiro atoms. The van der Waals surface area contributed by atoms with Crippen LogP contribution in [0.2, 0.25) is 0 Å². The molecule has 4 aromatic carbocycles. The standard InChI is InChI=1S/C17H12O.B.Na/c18-10-14-7-6-13-5-4-11-2-1-3-12-8-9-15(14)17(13)16(11)12;;/h1-9,18H,10H2;;/q;-1;+1. The number of hydrogen-bond donors (Lipinski definition) is 1. The van der Waals surface area contributed by atoms with Gasteiger partial charge in [0.1, 0.15) is 0 Å². The first-order valence-electron chi connectivity index (χ1n) is 6.15. The summed E-state index contributed by atoms with van der Waals surface area (Å²) in [6.45, 7) is 0.0914. The van der Waals surface area contributed by atoms with E-state index in [0.29, 0.717) is 0 Å². The van der Waals surface area contributed by atoms with Crippen molar-refractivity contribution in [3.8, 4) is 0 Å². The molecule has 20 heavy (non-hydrogen) atoms. The molecule has 0 atom stereocenters. The molecule has 1 nitrogen and oxygen atoms in total. The average molecular weight is 266 g/mol. The van der Waals surface area contributed by atoms with Gasteiger partial charge in [-0.1, -0.05) is 54.6 Å². The minimum Gasteiger partial charge on any atom is -1.00 e. The summed E-state index contributed by atoms with van der Waals surface area (Å²) in [7, 11) is 0. The molecule has 0 amide bonds. The fourth-order valence-electron chi connectivity index (χ4n) is 2.93. The Bertz CT molecular complexity index is 857. The predicted octanol–water partition coefficient (Wildman–Crippen LogP) is 0.699. The predicted molar refractivity (Wildman–Crippen MR) is 81.8 cm³/mol. The van der Waals surface area contributed by atoms with Gasteiger partial charge in [-0.3, -0.25) is 0 Å². The maximum absolute atomic E-state index is 9.47.